The number of aliphatic carboxylic acids is 1. The van der Waals surface area contributed by atoms with E-state index >= 15 is 0 Å². The number of aliphatic hydroxyl groups is 2. The van der Waals surface area contributed by atoms with Gasteiger partial charge in [-0.25, -0.2) is 0 Å². The molecule has 0 aliphatic carbocycles. The van der Waals surface area contributed by atoms with Crippen LogP contribution in [0.1, 0.15) is 22.7 Å². The fourth-order valence-electron chi connectivity index (χ4n) is 2.60. The zero-order valence-corrected chi connectivity index (χ0v) is 12.7. The minimum atomic E-state index is -1.01. The van der Waals surface area contributed by atoms with Crippen molar-refractivity contribution in [3.8, 4) is 5.75 Å². The molecule has 1 rings (SSSR count). The van der Waals surface area contributed by atoms with Crippen molar-refractivity contribution in [1.82, 2.24) is 4.90 Å². The fraction of sp³-hybridized carbons (Fsp3) is 0.533. The van der Waals surface area contributed by atoms with Crippen molar-refractivity contribution in [3.63, 3.8) is 0 Å². The third-order valence-electron chi connectivity index (χ3n) is 3.38. The number of hydrogen-bond donors (Lipinski definition) is 3. The molecule has 6 heteroatoms. The number of benzene rings is 1. The summed E-state index contributed by atoms with van der Waals surface area (Å²) < 4.78 is 5.29. The average Bonchev–Trinajstić information content (AvgIpc) is 2.38. The van der Waals surface area contributed by atoms with Gasteiger partial charge < -0.3 is 20.1 Å². The van der Waals surface area contributed by atoms with Crippen molar-refractivity contribution in [2.24, 2.45) is 0 Å². The number of aliphatic hydroxyl groups excluding tert-OH is 2. The van der Waals surface area contributed by atoms with E-state index in [-0.39, 0.29) is 26.3 Å². The van der Waals surface area contributed by atoms with Gasteiger partial charge in [0.2, 0.25) is 0 Å². The molecule has 1 atom stereocenters. The smallest absolute Gasteiger partial charge is 0.325 e. The summed E-state index contributed by atoms with van der Waals surface area (Å²) >= 11 is 0. The van der Waals surface area contributed by atoms with Crippen LogP contribution < -0.4 is 4.74 Å². The molecule has 0 bridgehead atoms. The van der Waals surface area contributed by atoms with Gasteiger partial charge in [0, 0.05) is 13.1 Å². The molecule has 1 aromatic carbocycles. The number of carboxylic acids is 1. The van der Waals surface area contributed by atoms with Crippen LogP contribution in [0.3, 0.4) is 0 Å². The molecule has 118 valence electrons. The molecule has 0 aliphatic rings. The first-order valence-electron chi connectivity index (χ1n) is 6.80. The Labute approximate surface area is 124 Å². The lowest BCUT2D eigenvalue weighted by molar-refractivity contribution is -0.144. The Hall–Kier alpha value is -1.63. The molecule has 21 heavy (non-hydrogen) atoms. The second-order valence-corrected chi connectivity index (χ2v) is 4.91. The van der Waals surface area contributed by atoms with Crippen LogP contribution in [-0.2, 0) is 4.79 Å². The molecule has 0 saturated heterocycles. The second kappa shape index (κ2) is 7.97. The van der Waals surface area contributed by atoms with Crippen LogP contribution in [0.5, 0.6) is 5.75 Å². The topological polar surface area (TPSA) is 90.2 Å². The summed E-state index contributed by atoms with van der Waals surface area (Å²) in [5, 5.41) is 27.7. The maximum atomic E-state index is 11.6. The van der Waals surface area contributed by atoms with E-state index in [1.54, 1.807) is 24.1 Å². The molecule has 1 unspecified atom stereocenters. The maximum Gasteiger partial charge on any atom is 0.325 e. The molecule has 0 aromatic heterocycles. The highest BCUT2D eigenvalue weighted by atomic mass is 16.5. The first kappa shape index (κ1) is 17.4. The molecule has 0 amide bonds. The Morgan fingerprint density at radius 3 is 2.00 bits per heavy atom. The van der Waals surface area contributed by atoms with Crippen LogP contribution in [0.4, 0.5) is 0 Å². The van der Waals surface area contributed by atoms with Gasteiger partial charge in [0.1, 0.15) is 11.8 Å². The Morgan fingerprint density at radius 1 is 1.19 bits per heavy atom. The predicted octanol–water partition coefficient (Wildman–Crippen LogP) is 0.724. The standard InChI is InChI=1S/C15H23NO5/c1-10-8-12(9-11(2)14(10)21-3)13(15(19)20)16(4-6-17)5-7-18/h8-9,13,17-18H,4-7H2,1-3H3,(H,19,20). The van der Waals surface area contributed by atoms with Gasteiger partial charge in [-0.3, -0.25) is 9.69 Å². The number of methoxy groups -OCH3 is 1. The van der Waals surface area contributed by atoms with Gasteiger partial charge in [-0.2, -0.15) is 0 Å². The summed E-state index contributed by atoms with van der Waals surface area (Å²) in [7, 11) is 1.58. The minimum absolute atomic E-state index is 0.169. The van der Waals surface area contributed by atoms with Gasteiger partial charge in [0.15, 0.2) is 0 Å². The third-order valence-corrected chi connectivity index (χ3v) is 3.38. The van der Waals surface area contributed by atoms with Gasteiger partial charge in [-0.1, -0.05) is 12.1 Å². The summed E-state index contributed by atoms with van der Waals surface area (Å²) in [5.74, 6) is -0.278. The van der Waals surface area contributed by atoms with E-state index < -0.39 is 12.0 Å². The Bertz CT molecular complexity index is 460. The van der Waals surface area contributed by atoms with Crippen LogP contribution in [0.25, 0.3) is 0 Å². The van der Waals surface area contributed by atoms with Gasteiger partial charge in [-0.15, -0.1) is 0 Å². The average molecular weight is 297 g/mol. The SMILES string of the molecule is COc1c(C)cc(C(C(=O)O)N(CCO)CCO)cc1C. The highest BCUT2D eigenvalue weighted by molar-refractivity contribution is 5.76. The molecular formula is C15H23NO5. The monoisotopic (exact) mass is 297 g/mol. The number of nitrogens with zero attached hydrogens (tertiary/aromatic N) is 1. The summed E-state index contributed by atoms with van der Waals surface area (Å²) in [6.07, 6.45) is 0. The predicted molar refractivity (Wildman–Crippen MR) is 78.6 cm³/mol. The molecule has 0 saturated carbocycles. The number of ether oxygens (including phenoxy) is 1. The van der Waals surface area contributed by atoms with Crippen molar-refractivity contribution in [2.75, 3.05) is 33.4 Å². The highest BCUT2D eigenvalue weighted by Gasteiger charge is 2.27. The van der Waals surface area contributed by atoms with Gasteiger partial charge in [0.25, 0.3) is 0 Å². The van der Waals surface area contributed by atoms with E-state index in [0.29, 0.717) is 5.56 Å². The summed E-state index contributed by atoms with van der Waals surface area (Å²) in [6, 6.07) is 2.63. The molecule has 6 nitrogen and oxygen atoms in total. The van der Waals surface area contributed by atoms with Crippen molar-refractivity contribution in [1.29, 1.82) is 0 Å². The summed E-state index contributed by atoms with van der Waals surface area (Å²) in [4.78, 5) is 13.2. The van der Waals surface area contributed by atoms with E-state index in [4.69, 9.17) is 14.9 Å². The maximum absolute atomic E-state index is 11.6. The largest absolute Gasteiger partial charge is 0.496 e. The lowest BCUT2D eigenvalue weighted by atomic mass is 9.99. The first-order valence-corrected chi connectivity index (χ1v) is 6.80. The van der Waals surface area contributed by atoms with E-state index in [0.717, 1.165) is 16.9 Å². The Kier molecular flexibility index (Phi) is 6.61. The van der Waals surface area contributed by atoms with Crippen LogP contribution in [0.2, 0.25) is 0 Å². The van der Waals surface area contributed by atoms with Crippen molar-refractivity contribution >= 4 is 5.97 Å². The molecule has 0 spiro atoms. The molecule has 3 N–H and O–H groups in total. The number of carbonyl (C=O) groups is 1. The first-order chi connectivity index (χ1) is 9.96. The zero-order chi connectivity index (χ0) is 16.0. The number of hydrogen-bond acceptors (Lipinski definition) is 5. The Balaban J connectivity index is 3.24. The normalized spacial score (nSPS) is 12.5. The molecule has 0 radical (unpaired) electrons. The van der Waals surface area contributed by atoms with Crippen molar-refractivity contribution in [2.45, 2.75) is 19.9 Å². The second-order valence-electron chi connectivity index (χ2n) is 4.91. The van der Waals surface area contributed by atoms with Crippen LogP contribution >= 0.6 is 0 Å². The third kappa shape index (κ3) is 4.17. The molecule has 0 heterocycles. The van der Waals surface area contributed by atoms with Gasteiger partial charge in [-0.05, 0) is 30.5 Å². The quantitative estimate of drug-likeness (QED) is 0.655. The van der Waals surface area contributed by atoms with Crippen LogP contribution in [0.15, 0.2) is 12.1 Å². The molecule has 1 aromatic rings. The molecule has 0 aliphatic heterocycles. The minimum Gasteiger partial charge on any atom is -0.496 e. The summed E-state index contributed by atoms with van der Waals surface area (Å²) in [5.41, 5.74) is 2.32. The van der Waals surface area contributed by atoms with E-state index in [1.807, 2.05) is 13.8 Å². The van der Waals surface area contributed by atoms with E-state index in [2.05, 4.69) is 0 Å². The van der Waals surface area contributed by atoms with Crippen molar-refractivity contribution in [3.05, 3.63) is 28.8 Å². The zero-order valence-electron chi connectivity index (χ0n) is 12.7. The lowest BCUT2D eigenvalue weighted by Crippen LogP contribution is -2.38. The number of carboxylic acid groups (broad SMARTS) is 1. The van der Waals surface area contributed by atoms with Crippen LogP contribution in [-0.4, -0.2) is 59.6 Å². The Morgan fingerprint density at radius 2 is 1.67 bits per heavy atom. The summed E-state index contributed by atoms with van der Waals surface area (Å²) in [6.45, 7) is 3.74. The molecular weight excluding hydrogens is 274 g/mol. The van der Waals surface area contributed by atoms with Crippen LogP contribution in [0, 0.1) is 13.8 Å². The van der Waals surface area contributed by atoms with E-state index in [1.165, 1.54) is 0 Å². The van der Waals surface area contributed by atoms with Crippen molar-refractivity contribution < 1.29 is 24.9 Å². The highest BCUT2D eigenvalue weighted by Crippen LogP contribution is 2.29. The molecule has 0 fully saturated rings. The number of aryl methyl sites for hydroxylation is 2. The van der Waals surface area contributed by atoms with Gasteiger partial charge >= 0.3 is 5.97 Å². The fourth-order valence-corrected chi connectivity index (χ4v) is 2.60. The van der Waals surface area contributed by atoms with E-state index in [9.17, 15) is 9.90 Å². The lowest BCUT2D eigenvalue weighted by Gasteiger charge is -2.28. The van der Waals surface area contributed by atoms with Gasteiger partial charge in [0.05, 0.1) is 20.3 Å². The number of rotatable bonds is 8.